The molecule has 0 aromatic heterocycles. The molecule has 1 amide bonds. The van der Waals surface area contributed by atoms with Crippen LogP contribution in [0.4, 0.5) is 0 Å². The fraction of sp³-hybridized carbons (Fsp3) is 0.533. The van der Waals surface area contributed by atoms with E-state index in [-0.39, 0.29) is 18.0 Å². The second kappa shape index (κ2) is 6.17. The summed E-state index contributed by atoms with van der Waals surface area (Å²) in [5.74, 6) is -0.0126. The standard InChI is InChI=1S/C15H22N2O2/c1-10(16)5-4-8-14(19)17-15-12-7-3-2-6-11(12)9-13(15)18/h2-3,6-7,10,13,15,18H,4-5,8-9,16H2,1H3,(H,17,19)/t10?,13-,15+/m0/s1. The maximum Gasteiger partial charge on any atom is 0.220 e. The van der Waals surface area contributed by atoms with Crippen LogP contribution < -0.4 is 11.1 Å². The second-order valence-electron chi connectivity index (χ2n) is 5.38. The largest absolute Gasteiger partial charge is 0.390 e. The van der Waals surface area contributed by atoms with E-state index in [1.807, 2.05) is 31.2 Å². The summed E-state index contributed by atoms with van der Waals surface area (Å²) in [5, 5.41) is 13.0. The van der Waals surface area contributed by atoms with E-state index in [2.05, 4.69) is 5.32 Å². The number of aliphatic hydroxyl groups excluding tert-OH is 1. The van der Waals surface area contributed by atoms with Crippen LogP contribution in [0.15, 0.2) is 24.3 Å². The molecule has 0 saturated heterocycles. The van der Waals surface area contributed by atoms with E-state index in [1.165, 1.54) is 0 Å². The topological polar surface area (TPSA) is 75.4 Å². The molecule has 0 bridgehead atoms. The normalized spacial score (nSPS) is 22.9. The lowest BCUT2D eigenvalue weighted by Crippen LogP contribution is -2.33. The third-order valence-corrected chi connectivity index (χ3v) is 3.58. The molecule has 0 fully saturated rings. The van der Waals surface area contributed by atoms with E-state index in [0.29, 0.717) is 12.8 Å². The van der Waals surface area contributed by atoms with Crippen molar-refractivity contribution in [2.75, 3.05) is 0 Å². The Balaban J connectivity index is 1.90. The Labute approximate surface area is 114 Å². The Morgan fingerprint density at radius 3 is 3.00 bits per heavy atom. The highest BCUT2D eigenvalue weighted by Crippen LogP contribution is 2.31. The molecule has 1 aromatic rings. The minimum absolute atomic E-state index is 0.0126. The molecule has 0 radical (unpaired) electrons. The first-order valence-corrected chi connectivity index (χ1v) is 6.88. The quantitative estimate of drug-likeness (QED) is 0.748. The highest BCUT2D eigenvalue weighted by molar-refractivity contribution is 5.76. The van der Waals surface area contributed by atoms with Crippen LogP contribution in [0.5, 0.6) is 0 Å². The molecule has 1 aliphatic rings. The number of hydrogen-bond donors (Lipinski definition) is 3. The predicted octanol–water partition coefficient (Wildman–Crippen LogP) is 1.28. The highest BCUT2D eigenvalue weighted by Gasteiger charge is 2.31. The van der Waals surface area contributed by atoms with Crippen LogP contribution in [0.25, 0.3) is 0 Å². The third-order valence-electron chi connectivity index (χ3n) is 3.58. The van der Waals surface area contributed by atoms with Gasteiger partial charge in [-0.1, -0.05) is 24.3 Å². The molecular formula is C15H22N2O2. The van der Waals surface area contributed by atoms with E-state index in [4.69, 9.17) is 5.73 Å². The number of carbonyl (C=O) groups excluding carboxylic acids is 1. The highest BCUT2D eigenvalue weighted by atomic mass is 16.3. The van der Waals surface area contributed by atoms with Crippen LogP contribution in [0.1, 0.15) is 43.4 Å². The summed E-state index contributed by atoms with van der Waals surface area (Å²) in [5.41, 5.74) is 7.81. The number of amides is 1. The van der Waals surface area contributed by atoms with Gasteiger partial charge in [0.25, 0.3) is 0 Å². The van der Waals surface area contributed by atoms with Crippen LogP contribution in [0.2, 0.25) is 0 Å². The van der Waals surface area contributed by atoms with E-state index in [9.17, 15) is 9.90 Å². The molecule has 2 rings (SSSR count). The lowest BCUT2D eigenvalue weighted by molar-refractivity contribution is -0.122. The van der Waals surface area contributed by atoms with Crippen molar-refractivity contribution in [1.29, 1.82) is 0 Å². The summed E-state index contributed by atoms with van der Waals surface area (Å²) in [6, 6.07) is 7.73. The van der Waals surface area contributed by atoms with Gasteiger partial charge in [0, 0.05) is 18.9 Å². The Kier molecular flexibility index (Phi) is 4.56. The molecule has 4 heteroatoms. The Hall–Kier alpha value is -1.39. The summed E-state index contributed by atoms with van der Waals surface area (Å²) in [4.78, 5) is 11.9. The van der Waals surface area contributed by atoms with Crippen LogP contribution in [-0.4, -0.2) is 23.2 Å². The van der Waals surface area contributed by atoms with Crippen molar-refractivity contribution in [3.05, 3.63) is 35.4 Å². The van der Waals surface area contributed by atoms with Gasteiger partial charge in [0.2, 0.25) is 5.91 Å². The van der Waals surface area contributed by atoms with Crippen LogP contribution >= 0.6 is 0 Å². The van der Waals surface area contributed by atoms with Crippen LogP contribution in [-0.2, 0) is 11.2 Å². The number of fused-ring (bicyclic) bond motifs is 1. The average Bonchev–Trinajstić information content (AvgIpc) is 2.66. The molecule has 4 N–H and O–H groups in total. The summed E-state index contributed by atoms with van der Waals surface area (Å²) in [6.45, 7) is 1.94. The first-order valence-electron chi connectivity index (χ1n) is 6.88. The van der Waals surface area contributed by atoms with Crippen molar-refractivity contribution in [3.8, 4) is 0 Å². The van der Waals surface area contributed by atoms with Crippen molar-refractivity contribution in [2.24, 2.45) is 5.73 Å². The van der Waals surface area contributed by atoms with Crippen molar-refractivity contribution in [2.45, 2.75) is 50.8 Å². The number of nitrogens with one attached hydrogen (secondary N) is 1. The zero-order chi connectivity index (χ0) is 13.8. The number of benzene rings is 1. The van der Waals surface area contributed by atoms with Gasteiger partial charge in [0.15, 0.2) is 0 Å². The maximum absolute atomic E-state index is 11.9. The fourth-order valence-electron chi connectivity index (χ4n) is 2.58. The van der Waals surface area contributed by atoms with E-state index < -0.39 is 6.10 Å². The Morgan fingerprint density at radius 2 is 2.26 bits per heavy atom. The molecule has 3 atom stereocenters. The lowest BCUT2D eigenvalue weighted by atomic mass is 10.1. The molecular weight excluding hydrogens is 240 g/mol. The van der Waals surface area contributed by atoms with Crippen LogP contribution in [0.3, 0.4) is 0 Å². The van der Waals surface area contributed by atoms with Crippen LogP contribution in [0, 0.1) is 0 Å². The Bertz CT molecular complexity index is 446. The van der Waals surface area contributed by atoms with Gasteiger partial charge in [0.1, 0.15) is 0 Å². The smallest absolute Gasteiger partial charge is 0.220 e. The van der Waals surface area contributed by atoms with Gasteiger partial charge >= 0.3 is 0 Å². The van der Waals surface area contributed by atoms with Gasteiger partial charge in [-0.15, -0.1) is 0 Å². The molecule has 104 valence electrons. The SMILES string of the molecule is CC(N)CCCC(=O)N[C@@H]1c2ccccc2C[C@@H]1O. The first kappa shape index (κ1) is 14.0. The zero-order valence-corrected chi connectivity index (χ0v) is 11.3. The fourth-order valence-corrected chi connectivity index (χ4v) is 2.58. The molecule has 19 heavy (non-hydrogen) atoms. The van der Waals surface area contributed by atoms with Crippen molar-refractivity contribution in [1.82, 2.24) is 5.32 Å². The van der Waals surface area contributed by atoms with Gasteiger partial charge in [-0.3, -0.25) is 4.79 Å². The maximum atomic E-state index is 11.9. The van der Waals surface area contributed by atoms with Gasteiger partial charge in [-0.2, -0.15) is 0 Å². The van der Waals surface area contributed by atoms with Crippen molar-refractivity contribution < 1.29 is 9.90 Å². The molecule has 1 aliphatic carbocycles. The van der Waals surface area contributed by atoms with Gasteiger partial charge in [-0.05, 0) is 30.9 Å². The molecule has 1 aromatic carbocycles. The summed E-state index contributed by atoms with van der Waals surface area (Å²) < 4.78 is 0. The Morgan fingerprint density at radius 1 is 1.53 bits per heavy atom. The molecule has 0 saturated carbocycles. The predicted molar refractivity (Wildman–Crippen MR) is 74.5 cm³/mol. The molecule has 4 nitrogen and oxygen atoms in total. The van der Waals surface area contributed by atoms with Crippen molar-refractivity contribution in [3.63, 3.8) is 0 Å². The third kappa shape index (κ3) is 3.55. The van der Waals surface area contributed by atoms with Gasteiger partial charge in [-0.25, -0.2) is 0 Å². The number of carbonyl (C=O) groups is 1. The minimum Gasteiger partial charge on any atom is -0.390 e. The monoisotopic (exact) mass is 262 g/mol. The number of rotatable bonds is 5. The molecule has 0 heterocycles. The molecule has 0 aliphatic heterocycles. The van der Waals surface area contributed by atoms with E-state index in [0.717, 1.165) is 24.0 Å². The summed E-state index contributed by atoms with van der Waals surface area (Å²) in [7, 11) is 0. The van der Waals surface area contributed by atoms with Crippen molar-refractivity contribution >= 4 is 5.91 Å². The van der Waals surface area contributed by atoms with Gasteiger partial charge in [0.05, 0.1) is 12.1 Å². The van der Waals surface area contributed by atoms with E-state index >= 15 is 0 Å². The number of hydrogen-bond acceptors (Lipinski definition) is 3. The average molecular weight is 262 g/mol. The molecule has 1 unspecified atom stereocenters. The molecule has 0 spiro atoms. The summed E-state index contributed by atoms with van der Waals surface area (Å²) >= 11 is 0. The van der Waals surface area contributed by atoms with E-state index in [1.54, 1.807) is 0 Å². The number of nitrogens with two attached hydrogens (primary N) is 1. The first-order chi connectivity index (χ1) is 9.08. The number of aliphatic hydroxyl groups is 1. The zero-order valence-electron chi connectivity index (χ0n) is 11.3. The minimum atomic E-state index is -0.519. The summed E-state index contributed by atoms with van der Waals surface area (Å²) in [6.07, 6.45) is 2.19. The second-order valence-corrected chi connectivity index (χ2v) is 5.38. The lowest BCUT2D eigenvalue weighted by Gasteiger charge is -2.18. The van der Waals surface area contributed by atoms with Gasteiger partial charge < -0.3 is 16.2 Å².